The number of esters is 1. The van der Waals surface area contributed by atoms with Crippen LogP contribution in [0.1, 0.15) is 29.7 Å². The van der Waals surface area contributed by atoms with Gasteiger partial charge in [-0.25, -0.2) is 0 Å². The van der Waals surface area contributed by atoms with E-state index < -0.39 is 18.1 Å². The fourth-order valence-corrected chi connectivity index (χ4v) is 3.67. The van der Waals surface area contributed by atoms with Crippen LogP contribution in [-0.4, -0.2) is 53.7 Å². The van der Waals surface area contributed by atoms with Gasteiger partial charge in [-0.05, 0) is 0 Å². The molecule has 9 heteroatoms. The third-order valence-corrected chi connectivity index (χ3v) is 5.26. The van der Waals surface area contributed by atoms with Crippen LogP contribution in [0.15, 0.2) is 53.7 Å². The van der Waals surface area contributed by atoms with Gasteiger partial charge in [0.15, 0.2) is 0 Å². The summed E-state index contributed by atoms with van der Waals surface area (Å²) < 4.78 is 16.3. The molecular formula is C22H25BN4O4. The Bertz CT molecular complexity index is 938. The van der Waals surface area contributed by atoms with Gasteiger partial charge in [0.2, 0.25) is 0 Å². The SMILES string of the molecule is NCc1ccccc1COC(=O)[C@@H]1CCCN1C(=O)[C@@H](Cc1ccccn1)N=CB=O. The van der Waals surface area contributed by atoms with Crippen LogP contribution in [0.2, 0.25) is 0 Å². The van der Waals surface area contributed by atoms with E-state index in [0.29, 0.717) is 38.8 Å². The zero-order valence-electron chi connectivity index (χ0n) is 17.2. The van der Waals surface area contributed by atoms with Crippen LogP contribution in [0.5, 0.6) is 0 Å². The van der Waals surface area contributed by atoms with Crippen LogP contribution >= 0.6 is 0 Å². The number of aliphatic imine (C=N–C) groups is 1. The summed E-state index contributed by atoms with van der Waals surface area (Å²) in [5.74, 6) is -0.765. The summed E-state index contributed by atoms with van der Waals surface area (Å²) in [6.45, 7) is 0.893. The minimum atomic E-state index is -0.827. The van der Waals surface area contributed by atoms with Crippen molar-refractivity contribution in [3.05, 3.63) is 65.5 Å². The fraction of sp³-hybridized carbons (Fsp3) is 0.364. The number of hydrogen-bond acceptors (Lipinski definition) is 7. The van der Waals surface area contributed by atoms with E-state index in [1.165, 1.54) is 4.90 Å². The number of rotatable bonds is 9. The Balaban J connectivity index is 1.69. The number of benzene rings is 1. The summed E-state index contributed by atoms with van der Waals surface area (Å²) in [6, 6.07) is 11.4. The van der Waals surface area contributed by atoms with Crippen molar-refractivity contribution >= 4 is 25.1 Å². The monoisotopic (exact) mass is 420 g/mol. The van der Waals surface area contributed by atoms with Gasteiger partial charge in [-0.2, -0.15) is 0 Å². The van der Waals surface area contributed by atoms with Gasteiger partial charge in [0.05, 0.1) is 0 Å². The molecule has 0 unspecified atom stereocenters. The number of carbonyl (C=O) groups is 2. The first-order valence-corrected chi connectivity index (χ1v) is 10.2. The van der Waals surface area contributed by atoms with Crippen LogP contribution in [0, 0.1) is 0 Å². The molecule has 0 spiro atoms. The predicted octanol–water partition coefficient (Wildman–Crippen LogP) is 1.26. The Morgan fingerprint density at radius 2 is 2.03 bits per heavy atom. The number of hydrogen-bond donors (Lipinski definition) is 1. The second-order valence-electron chi connectivity index (χ2n) is 7.25. The third-order valence-electron chi connectivity index (χ3n) is 5.26. The minimum absolute atomic E-state index is 0.103. The predicted molar refractivity (Wildman–Crippen MR) is 116 cm³/mol. The normalized spacial score (nSPS) is 16.8. The Morgan fingerprint density at radius 3 is 2.74 bits per heavy atom. The van der Waals surface area contributed by atoms with Crippen molar-refractivity contribution in [2.24, 2.45) is 10.7 Å². The molecule has 2 N–H and O–H groups in total. The maximum atomic E-state index is 13.2. The molecule has 8 nitrogen and oxygen atoms in total. The molecule has 0 saturated carbocycles. The van der Waals surface area contributed by atoms with Gasteiger partial charge in [-0.15, -0.1) is 0 Å². The zero-order valence-corrected chi connectivity index (χ0v) is 17.2. The van der Waals surface area contributed by atoms with E-state index in [9.17, 15) is 14.3 Å². The average molecular weight is 420 g/mol. The summed E-state index contributed by atoms with van der Waals surface area (Å²) in [5.41, 5.74) is 8.18. The van der Waals surface area contributed by atoms with Crippen LogP contribution in [0.3, 0.4) is 0 Å². The molecule has 31 heavy (non-hydrogen) atoms. The van der Waals surface area contributed by atoms with Crippen LogP contribution in [0.25, 0.3) is 0 Å². The maximum absolute atomic E-state index is 13.2. The first-order chi connectivity index (χ1) is 15.1. The number of ether oxygens (including phenoxy) is 1. The van der Waals surface area contributed by atoms with E-state index in [1.54, 1.807) is 18.3 Å². The molecule has 1 saturated heterocycles. The molecule has 3 rings (SSSR count). The first-order valence-electron chi connectivity index (χ1n) is 10.2. The van der Waals surface area contributed by atoms with Gasteiger partial charge < -0.3 is 5.73 Å². The van der Waals surface area contributed by atoms with Crippen molar-refractivity contribution in [1.82, 2.24) is 9.88 Å². The van der Waals surface area contributed by atoms with E-state index in [2.05, 4.69) is 9.98 Å². The third kappa shape index (κ3) is 5.91. The van der Waals surface area contributed by atoms with Crippen LogP contribution < -0.4 is 5.73 Å². The summed E-state index contributed by atoms with van der Waals surface area (Å²) >= 11 is 0. The number of aromatic nitrogens is 1. The summed E-state index contributed by atoms with van der Waals surface area (Å²) in [4.78, 5) is 35.8. The molecule has 2 atom stereocenters. The molecule has 1 amide bonds. The van der Waals surface area contributed by atoms with Gasteiger partial charge in [0.1, 0.15) is 0 Å². The summed E-state index contributed by atoms with van der Waals surface area (Å²) in [6.07, 6.45) is 4.16. The second-order valence-corrected chi connectivity index (χ2v) is 7.25. The topological polar surface area (TPSA) is 115 Å². The van der Waals surface area contributed by atoms with Crippen molar-refractivity contribution in [1.29, 1.82) is 0 Å². The Morgan fingerprint density at radius 1 is 1.26 bits per heavy atom. The molecule has 160 valence electrons. The molecule has 0 radical (unpaired) electrons. The quantitative estimate of drug-likeness (QED) is 0.371. The molecule has 2 heterocycles. The van der Waals surface area contributed by atoms with Gasteiger partial charge in [0.25, 0.3) is 0 Å². The summed E-state index contributed by atoms with van der Waals surface area (Å²) in [5, 5.41) is 0. The Kier molecular flexibility index (Phi) is 8.17. The van der Waals surface area contributed by atoms with Crippen molar-refractivity contribution in [2.75, 3.05) is 6.54 Å². The van der Waals surface area contributed by atoms with Crippen molar-refractivity contribution in [3.63, 3.8) is 0 Å². The van der Waals surface area contributed by atoms with E-state index in [-0.39, 0.29) is 18.9 Å². The van der Waals surface area contributed by atoms with E-state index >= 15 is 0 Å². The van der Waals surface area contributed by atoms with Crippen molar-refractivity contribution in [2.45, 2.75) is 44.5 Å². The molecule has 1 fully saturated rings. The Labute approximate surface area is 181 Å². The number of carbonyl (C=O) groups excluding carboxylic acids is 2. The fourth-order valence-electron chi connectivity index (χ4n) is 3.67. The van der Waals surface area contributed by atoms with Crippen LogP contribution in [0.4, 0.5) is 0 Å². The molecule has 2 aromatic rings. The van der Waals surface area contributed by atoms with E-state index in [4.69, 9.17) is 10.5 Å². The molecular weight excluding hydrogens is 395 g/mol. The molecule has 1 aliphatic heterocycles. The number of likely N-dealkylation sites (tertiary alicyclic amines) is 1. The Hall–Kier alpha value is -3.20. The summed E-state index contributed by atoms with van der Waals surface area (Å²) in [7, 11) is 0.531. The van der Waals surface area contributed by atoms with Gasteiger partial charge in [0, 0.05) is 0 Å². The van der Waals surface area contributed by atoms with E-state index in [1.807, 2.05) is 30.3 Å². The first kappa shape index (κ1) is 22.5. The van der Waals surface area contributed by atoms with Crippen LogP contribution in [-0.2, 0) is 38.6 Å². The van der Waals surface area contributed by atoms with Crippen molar-refractivity contribution < 1.29 is 19.0 Å². The second kappa shape index (κ2) is 11.3. The number of nitrogens with two attached hydrogens (primary N) is 1. The number of amides is 1. The molecule has 1 aromatic carbocycles. The molecule has 0 bridgehead atoms. The van der Waals surface area contributed by atoms with Gasteiger partial charge in [-0.3, -0.25) is 0 Å². The number of pyridine rings is 1. The van der Waals surface area contributed by atoms with Gasteiger partial charge in [-0.1, -0.05) is 6.07 Å². The van der Waals surface area contributed by atoms with E-state index in [0.717, 1.165) is 17.2 Å². The van der Waals surface area contributed by atoms with Gasteiger partial charge >= 0.3 is 170 Å². The average Bonchev–Trinajstić information content (AvgIpc) is 3.30. The molecule has 1 aliphatic rings. The van der Waals surface area contributed by atoms with Crippen molar-refractivity contribution in [3.8, 4) is 0 Å². The zero-order chi connectivity index (χ0) is 22.1. The molecule has 1 aromatic heterocycles. The number of nitrogens with zero attached hydrogens (tertiary/aromatic N) is 3. The standard InChI is InChI=1S/C22H25BN4O4/c24-13-16-6-1-2-7-17(16)14-31-22(29)20-9-5-11-27(20)21(28)19(26-15-23-30)12-18-8-3-4-10-25-18/h1-4,6-8,10,15,19-20H,5,9,11-14,24H2/t19-,20+/m1/s1. The molecule has 0 aliphatic carbocycles.